The number of hydrogen-bond acceptors (Lipinski definition) is 4. The third-order valence-electron chi connectivity index (χ3n) is 2.87. The van der Waals surface area contributed by atoms with Crippen LogP contribution in [-0.4, -0.2) is 52.6 Å². The third kappa shape index (κ3) is 4.20. The fourth-order valence-corrected chi connectivity index (χ4v) is 1.79. The lowest BCUT2D eigenvalue weighted by Crippen LogP contribution is -2.43. The standard InChI is InChI=1S/C12H21N3O4/c1-8(16)5-4-6-13-9(17)7-15-10(18)12(2,3)14-11(15)19/h8,16H,4-7H2,1-3H3,(H,13,17)(H,14,19). The summed E-state index contributed by atoms with van der Waals surface area (Å²) in [5.41, 5.74) is -0.955. The van der Waals surface area contributed by atoms with Crippen LogP contribution in [0.1, 0.15) is 33.6 Å². The second-order valence-electron chi connectivity index (χ2n) is 5.29. The van der Waals surface area contributed by atoms with Crippen LogP contribution in [0.3, 0.4) is 0 Å². The summed E-state index contributed by atoms with van der Waals surface area (Å²) in [5.74, 6) is -0.788. The molecule has 108 valence electrons. The Labute approximate surface area is 112 Å². The molecule has 1 fully saturated rings. The first-order valence-corrected chi connectivity index (χ1v) is 6.33. The summed E-state index contributed by atoms with van der Waals surface area (Å²) in [6, 6.07) is -0.547. The summed E-state index contributed by atoms with van der Waals surface area (Å²) in [6.45, 7) is 5.00. The number of aliphatic hydroxyl groups is 1. The minimum absolute atomic E-state index is 0.275. The largest absolute Gasteiger partial charge is 0.393 e. The van der Waals surface area contributed by atoms with Gasteiger partial charge in [0.1, 0.15) is 12.1 Å². The minimum Gasteiger partial charge on any atom is -0.393 e. The number of urea groups is 1. The maximum Gasteiger partial charge on any atom is 0.325 e. The number of hydrogen-bond donors (Lipinski definition) is 3. The molecule has 7 nitrogen and oxygen atoms in total. The lowest BCUT2D eigenvalue weighted by atomic mass is 10.1. The Bertz CT molecular complexity index is 379. The van der Waals surface area contributed by atoms with E-state index in [-0.39, 0.29) is 12.5 Å². The molecule has 0 saturated carbocycles. The van der Waals surface area contributed by atoms with E-state index in [2.05, 4.69) is 10.6 Å². The maximum atomic E-state index is 11.8. The Morgan fingerprint density at radius 2 is 2.11 bits per heavy atom. The van der Waals surface area contributed by atoms with Crippen molar-refractivity contribution in [1.82, 2.24) is 15.5 Å². The molecule has 7 heteroatoms. The summed E-state index contributed by atoms with van der Waals surface area (Å²) in [7, 11) is 0. The van der Waals surface area contributed by atoms with Crippen LogP contribution < -0.4 is 10.6 Å². The Kier molecular flexibility index (Phi) is 4.88. The summed E-state index contributed by atoms with van der Waals surface area (Å²) >= 11 is 0. The quantitative estimate of drug-likeness (QED) is 0.452. The van der Waals surface area contributed by atoms with E-state index in [9.17, 15) is 14.4 Å². The highest BCUT2D eigenvalue weighted by atomic mass is 16.3. The normalized spacial score (nSPS) is 19.3. The van der Waals surface area contributed by atoms with Gasteiger partial charge in [-0.1, -0.05) is 0 Å². The Morgan fingerprint density at radius 3 is 2.58 bits per heavy atom. The van der Waals surface area contributed by atoms with Gasteiger partial charge in [0, 0.05) is 6.54 Å². The second-order valence-corrected chi connectivity index (χ2v) is 5.29. The van der Waals surface area contributed by atoms with Crippen molar-refractivity contribution < 1.29 is 19.5 Å². The molecule has 1 saturated heterocycles. The third-order valence-corrected chi connectivity index (χ3v) is 2.87. The van der Waals surface area contributed by atoms with Crippen molar-refractivity contribution in [3.63, 3.8) is 0 Å². The van der Waals surface area contributed by atoms with Gasteiger partial charge >= 0.3 is 6.03 Å². The molecule has 0 aromatic rings. The van der Waals surface area contributed by atoms with Crippen molar-refractivity contribution in [3.05, 3.63) is 0 Å². The molecular weight excluding hydrogens is 250 g/mol. The minimum atomic E-state index is -0.955. The van der Waals surface area contributed by atoms with Crippen molar-refractivity contribution in [2.45, 2.75) is 45.3 Å². The van der Waals surface area contributed by atoms with Gasteiger partial charge in [0.2, 0.25) is 5.91 Å². The number of rotatable bonds is 6. The van der Waals surface area contributed by atoms with E-state index in [1.54, 1.807) is 20.8 Å². The van der Waals surface area contributed by atoms with Crippen molar-refractivity contribution >= 4 is 17.8 Å². The van der Waals surface area contributed by atoms with Crippen molar-refractivity contribution in [2.24, 2.45) is 0 Å². The first kappa shape index (κ1) is 15.4. The number of amides is 4. The lowest BCUT2D eigenvalue weighted by molar-refractivity contribution is -0.134. The monoisotopic (exact) mass is 271 g/mol. The highest BCUT2D eigenvalue weighted by molar-refractivity contribution is 6.08. The number of imide groups is 1. The van der Waals surface area contributed by atoms with Crippen LogP contribution >= 0.6 is 0 Å². The van der Waals surface area contributed by atoms with Crippen LogP contribution in [0.15, 0.2) is 0 Å². The van der Waals surface area contributed by atoms with Gasteiger partial charge in [-0.25, -0.2) is 4.79 Å². The fourth-order valence-electron chi connectivity index (χ4n) is 1.79. The molecule has 0 spiro atoms. The summed E-state index contributed by atoms with van der Waals surface area (Å²) in [4.78, 5) is 35.9. The van der Waals surface area contributed by atoms with Crippen LogP contribution in [-0.2, 0) is 9.59 Å². The van der Waals surface area contributed by atoms with Crippen molar-refractivity contribution in [2.75, 3.05) is 13.1 Å². The predicted octanol–water partition coefficient (Wildman–Crippen LogP) is -0.406. The zero-order chi connectivity index (χ0) is 14.6. The van der Waals surface area contributed by atoms with E-state index in [0.717, 1.165) is 4.90 Å². The van der Waals surface area contributed by atoms with Gasteiger partial charge in [-0.3, -0.25) is 14.5 Å². The molecule has 0 radical (unpaired) electrons. The molecule has 1 aliphatic rings. The van der Waals surface area contributed by atoms with Gasteiger partial charge in [-0.15, -0.1) is 0 Å². The molecule has 1 heterocycles. The van der Waals surface area contributed by atoms with Crippen LogP contribution in [0.5, 0.6) is 0 Å². The average molecular weight is 271 g/mol. The molecule has 3 N–H and O–H groups in total. The Balaban J connectivity index is 2.37. The summed E-state index contributed by atoms with van der Waals surface area (Å²) in [5, 5.41) is 14.2. The number of nitrogens with one attached hydrogen (secondary N) is 2. The lowest BCUT2D eigenvalue weighted by Gasteiger charge is -2.15. The van der Waals surface area contributed by atoms with Gasteiger partial charge in [0.05, 0.1) is 6.10 Å². The van der Waals surface area contributed by atoms with Gasteiger partial charge in [-0.2, -0.15) is 0 Å². The fraction of sp³-hybridized carbons (Fsp3) is 0.750. The van der Waals surface area contributed by atoms with Crippen molar-refractivity contribution in [3.8, 4) is 0 Å². The van der Waals surface area contributed by atoms with E-state index in [0.29, 0.717) is 19.4 Å². The number of carbonyl (C=O) groups is 3. The number of nitrogens with zero attached hydrogens (tertiary/aromatic N) is 1. The molecule has 1 rings (SSSR count). The molecule has 0 aromatic heterocycles. The zero-order valence-electron chi connectivity index (χ0n) is 11.5. The Morgan fingerprint density at radius 1 is 1.47 bits per heavy atom. The topological polar surface area (TPSA) is 98.7 Å². The number of carbonyl (C=O) groups excluding carboxylic acids is 3. The molecule has 19 heavy (non-hydrogen) atoms. The van der Waals surface area contributed by atoms with Gasteiger partial charge < -0.3 is 15.7 Å². The van der Waals surface area contributed by atoms with Crippen LogP contribution in [0.4, 0.5) is 4.79 Å². The average Bonchev–Trinajstić information content (AvgIpc) is 2.47. The molecular formula is C12H21N3O4. The summed E-state index contributed by atoms with van der Waals surface area (Å²) in [6.07, 6.45) is 0.842. The highest BCUT2D eigenvalue weighted by Gasteiger charge is 2.44. The molecule has 4 amide bonds. The number of aliphatic hydroxyl groups excluding tert-OH is 1. The van der Waals surface area contributed by atoms with Gasteiger partial charge in [0.25, 0.3) is 5.91 Å². The molecule has 0 aliphatic carbocycles. The first-order chi connectivity index (χ1) is 8.74. The smallest absolute Gasteiger partial charge is 0.325 e. The second kappa shape index (κ2) is 6.01. The molecule has 1 atom stereocenters. The zero-order valence-corrected chi connectivity index (χ0v) is 11.5. The highest BCUT2D eigenvalue weighted by Crippen LogP contribution is 2.15. The van der Waals surface area contributed by atoms with Crippen LogP contribution in [0.25, 0.3) is 0 Å². The van der Waals surface area contributed by atoms with Crippen LogP contribution in [0.2, 0.25) is 0 Å². The molecule has 0 bridgehead atoms. The van der Waals surface area contributed by atoms with E-state index in [1.165, 1.54) is 0 Å². The van der Waals surface area contributed by atoms with E-state index < -0.39 is 23.6 Å². The molecule has 0 aromatic carbocycles. The van der Waals surface area contributed by atoms with E-state index in [4.69, 9.17) is 5.11 Å². The predicted molar refractivity (Wildman–Crippen MR) is 68.2 cm³/mol. The van der Waals surface area contributed by atoms with E-state index >= 15 is 0 Å². The first-order valence-electron chi connectivity index (χ1n) is 6.33. The Hall–Kier alpha value is -1.63. The SMILES string of the molecule is CC(O)CCCNC(=O)CN1C(=O)NC(C)(C)C1=O. The van der Waals surface area contributed by atoms with Crippen LogP contribution in [0, 0.1) is 0 Å². The van der Waals surface area contributed by atoms with Gasteiger partial charge in [0.15, 0.2) is 0 Å². The maximum absolute atomic E-state index is 11.8. The molecule has 1 aliphatic heterocycles. The van der Waals surface area contributed by atoms with Crippen molar-refractivity contribution in [1.29, 1.82) is 0 Å². The molecule has 1 unspecified atom stereocenters. The summed E-state index contributed by atoms with van der Waals surface area (Å²) < 4.78 is 0. The van der Waals surface area contributed by atoms with Gasteiger partial charge in [-0.05, 0) is 33.6 Å². The van der Waals surface area contributed by atoms with E-state index in [1.807, 2.05) is 0 Å².